The summed E-state index contributed by atoms with van der Waals surface area (Å²) in [4.78, 5) is 25.8. The van der Waals surface area contributed by atoms with Crippen LogP contribution in [0.15, 0.2) is 55.0 Å². The van der Waals surface area contributed by atoms with Gasteiger partial charge in [0.1, 0.15) is 5.82 Å². The number of benzene rings is 1. The van der Waals surface area contributed by atoms with E-state index in [1.807, 2.05) is 50.3 Å². The molecule has 0 spiro atoms. The first-order valence-corrected chi connectivity index (χ1v) is 10.4. The molecule has 0 aliphatic heterocycles. The lowest BCUT2D eigenvalue weighted by Crippen LogP contribution is -2.13. The summed E-state index contributed by atoms with van der Waals surface area (Å²) < 4.78 is 0. The Morgan fingerprint density at radius 1 is 1.06 bits per heavy atom. The van der Waals surface area contributed by atoms with Gasteiger partial charge in [-0.2, -0.15) is 0 Å². The number of pyridine rings is 1. The highest BCUT2D eigenvalue weighted by atomic mass is 16.1. The number of amides is 1. The van der Waals surface area contributed by atoms with E-state index in [0.29, 0.717) is 17.3 Å². The number of aryl methyl sites for hydroxylation is 2. The van der Waals surface area contributed by atoms with Crippen LogP contribution in [0.1, 0.15) is 59.7 Å². The number of allylic oxidation sites excluding steroid dienone is 1. The summed E-state index contributed by atoms with van der Waals surface area (Å²) in [6.45, 7) is 10.2. The van der Waals surface area contributed by atoms with Crippen molar-refractivity contribution in [3.05, 3.63) is 83.1 Å². The molecule has 0 saturated heterocycles. The Morgan fingerprint density at radius 2 is 1.87 bits per heavy atom. The summed E-state index contributed by atoms with van der Waals surface area (Å²) in [7, 11) is 0. The number of nitrogens with one attached hydrogen (secondary N) is 2. The smallest absolute Gasteiger partial charge is 0.257 e. The zero-order valence-electron chi connectivity index (χ0n) is 18.7. The predicted molar refractivity (Wildman–Crippen MR) is 126 cm³/mol. The lowest BCUT2D eigenvalue weighted by Gasteiger charge is -2.17. The number of carbonyl (C=O) groups excluding carboxylic acids is 1. The number of rotatable bonds is 7. The van der Waals surface area contributed by atoms with E-state index in [0.717, 1.165) is 28.2 Å². The molecule has 1 amide bonds. The van der Waals surface area contributed by atoms with E-state index in [4.69, 9.17) is 0 Å². The molecule has 1 atom stereocenters. The molecule has 1 unspecified atom stereocenters. The Morgan fingerprint density at radius 3 is 2.58 bits per heavy atom. The number of carbonyl (C=O) groups is 1. The zero-order chi connectivity index (χ0) is 22.4. The molecule has 0 bridgehead atoms. The molecule has 6 heteroatoms. The molecule has 0 saturated carbocycles. The fourth-order valence-electron chi connectivity index (χ4n) is 3.08. The molecular weight excluding hydrogens is 386 g/mol. The van der Waals surface area contributed by atoms with Crippen molar-refractivity contribution < 1.29 is 4.79 Å². The van der Waals surface area contributed by atoms with Crippen LogP contribution in [0, 0.1) is 19.8 Å². The number of hydrogen-bond acceptors (Lipinski definition) is 5. The fraction of sp³-hybridized carbons (Fsp3) is 0.280. The number of anilines is 2. The van der Waals surface area contributed by atoms with E-state index in [-0.39, 0.29) is 11.9 Å². The summed E-state index contributed by atoms with van der Waals surface area (Å²) in [6.07, 6.45) is 9.16. The summed E-state index contributed by atoms with van der Waals surface area (Å²) in [5.41, 5.74) is 5.00. The molecule has 2 N–H and O–H groups in total. The van der Waals surface area contributed by atoms with Crippen molar-refractivity contribution in [3.8, 4) is 0 Å². The summed E-state index contributed by atoms with van der Waals surface area (Å²) in [6, 6.07) is 9.58. The van der Waals surface area contributed by atoms with Crippen molar-refractivity contribution in [3.63, 3.8) is 0 Å². The first-order chi connectivity index (χ1) is 14.8. The minimum atomic E-state index is -0.180. The van der Waals surface area contributed by atoms with Gasteiger partial charge in [0.2, 0.25) is 0 Å². The normalized spacial score (nSPS) is 12.2. The Balaban J connectivity index is 1.69. The average molecular weight is 416 g/mol. The lowest BCUT2D eigenvalue weighted by molar-refractivity contribution is 0.102. The highest BCUT2D eigenvalue weighted by molar-refractivity contribution is 6.04. The van der Waals surface area contributed by atoms with Gasteiger partial charge < -0.3 is 10.6 Å². The number of hydrogen-bond donors (Lipinski definition) is 2. The van der Waals surface area contributed by atoms with E-state index in [1.165, 1.54) is 0 Å². The third-order valence-corrected chi connectivity index (χ3v) is 4.77. The van der Waals surface area contributed by atoms with Crippen LogP contribution in [0.2, 0.25) is 0 Å². The molecule has 0 aliphatic carbocycles. The van der Waals surface area contributed by atoms with Crippen molar-refractivity contribution in [2.75, 3.05) is 10.6 Å². The van der Waals surface area contributed by atoms with Gasteiger partial charge in [0.05, 0.1) is 29.2 Å². The van der Waals surface area contributed by atoms with Gasteiger partial charge in [0.25, 0.3) is 5.91 Å². The maximum atomic E-state index is 12.5. The van der Waals surface area contributed by atoms with Gasteiger partial charge >= 0.3 is 0 Å². The van der Waals surface area contributed by atoms with Crippen LogP contribution in [0.3, 0.4) is 0 Å². The quantitative estimate of drug-likeness (QED) is 0.526. The molecular formula is C25H29N5O. The monoisotopic (exact) mass is 415 g/mol. The van der Waals surface area contributed by atoms with Crippen molar-refractivity contribution in [2.24, 2.45) is 5.92 Å². The number of nitrogens with zero attached hydrogens (tertiary/aromatic N) is 3. The molecule has 160 valence electrons. The average Bonchev–Trinajstić information content (AvgIpc) is 2.73. The maximum Gasteiger partial charge on any atom is 0.257 e. The summed E-state index contributed by atoms with van der Waals surface area (Å²) in [5.74, 6) is 1.00. The molecule has 31 heavy (non-hydrogen) atoms. The molecule has 2 aromatic heterocycles. The zero-order valence-corrected chi connectivity index (χ0v) is 18.7. The second-order valence-electron chi connectivity index (χ2n) is 8.03. The first kappa shape index (κ1) is 22.2. The molecule has 2 heterocycles. The SMILES string of the molecule is Cc1cncc(C(=O)Nc2cccc(C(C)Nc3cnc(/C=C\C(C)C)c(C)n3)c2)c1. The van der Waals surface area contributed by atoms with Gasteiger partial charge in [-0.3, -0.25) is 14.8 Å². The van der Waals surface area contributed by atoms with Gasteiger partial charge in [0.15, 0.2) is 0 Å². The van der Waals surface area contributed by atoms with Crippen LogP contribution < -0.4 is 10.6 Å². The number of aromatic nitrogens is 3. The summed E-state index contributed by atoms with van der Waals surface area (Å²) in [5, 5.41) is 6.33. The van der Waals surface area contributed by atoms with Gasteiger partial charge in [-0.05, 0) is 62.1 Å². The van der Waals surface area contributed by atoms with E-state index < -0.39 is 0 Å². The van der Waals surface area contributed by atoms with Gasteiger partial charge in [-0.25, -0.2) is 4.98 Å². The molecule has 1 aromatic carbocycles. The molecule has 3 aromatic rings. The van der Waals surface area contributed by atoms with Crippen molar-refractivity contribution in [2.45, 2.75) is 40.7 Å². The largest absolute Gasteiger partial charge is 0.362 e. The lowest BCUT2D eigenvalue weighted by atomic mass is 10.1. The fourth-order valence-corrected chi connectivity index (χ4v) is 3.08. The predicted octanol–water partition coefficient (Wildman–Crippen LogP) is 5.58. The van der Waals surface area contributed by atoms with E-state index in [9.17, 15) is 4.79 Å². The van der Waals surface area contributed by atoms with Gasteiger partial charge in [0, 0.05) is 18.1 Å². The Kier molecular flexibility index (Phi) is 7.13. The van der Waals surface area contributed by atoms with Crippen LogP contribution in [0.4, 0.5) is 11.5 Å². The van der Waals surface area contributed by atoms with Crippen LogP contribution in [-0.2, 0) is 0 Å². The Hall–Kier alpha value is -3.54. The van der Waals surface area contributed by atoms with Crippen LogP contribution in [0.5, 0.6) is 0 Å². The van der Waals surface area contributed by atoms with Crippen molar-refractivity contribution in [1.82, 2.24) is 15.0 Å². The van der Waals surface area contributed by atoms with Gasteiger partial charge in [-0.1, -0.05) is 32.1 Å². The minimum Gasteiger partial charge on any atom is -0.362 e. The topological polar surface area (TPSA) is 79.8 Å². The first-order valence-electron chi connectivity index (χ1n) is 10.4. The molecule has 3 rings (SSSR count). The second-order valence-corrected chi connectivity index (χ2v) is 8.03. The minimum absolute atomic E-state index is 0.0109. The molecule has 6 nitrogen and oxygen atoms in total. The third-order valence-electron chi connectivity index (χ3n) is 4.77. The second kappa shape index (κ2) is 9.98. The molecule has 0 aliphatic rings. The van der Waals surface area contributed by atoms with Crippen LogP contribution >= 0.6 is 0 Å². The van der Waals surface area contributed by atoms with E-state index in [1.54, 1.807) is 18.6 Å². The standard InChI is InChI=1S/C25H29N5O/c1-16(2)9-10-23-19(5)29-24(15-27-23)28-18(4)20-7-6-8-22(12-20)30-25(31)21-11-17(3)13-26-14-21/h6-16,18H,1-5H3,(H,28,29)(H,30,31)/b10-9-. The maximum absolute atomic E-state index is 12.5. The summed E-state index contributed by atoms with van der Waals surface area (Å²) >= 11 is 0. The van der Waals surface area contributed by atoms with Crippen molar-refractivity contribution >= 4 is 23.5 Å². The van der Waals surface area contributed by atoms with Crippen LogP contribution in [-0.4, -0.2) is 20.9 Å². The third kappa shape index (κ3) is 6.22. The molecule has 0 fully saturated rings. The molecule has 0 radical (unpaired) electrons. The van der Waals surface area contributed by atoms with Gasteiger partial charge in [-0.15, -0.1) is 0 Å². The van der Waals surface area contributed by atoms with E-state index in [2.05, 4.69) is 52.4 Å². The highest BCUT2D eigenvalue weighted by Crippen LogP contribution is 2.22. The van der Waals surface area contributed by atoms with Crippen LogP contribution in [0.25, 0.3) is 6.08 Å². The van der Waals surface area contributed by atoms with E-state index >= 15 is 0 Å². The van der Waals surface area contributed by atoms with Crippen molar-refractivity contribution in [1.29, 1.82) is 0 Å². The highest BCUT2D eigenvalue weighted by Gasteiger charge is 2.11. The Labute approximate surface area is 183 Å². The Bertz CT molecular complexity index is 1090.